The average molecular weight is 1370 g/mol. The number of hydrogen-bond acceptors (Lipinski definition) is 26. The number of ether oxygens (including phenoxy) is 1. The van der Waals surface area contributed by atoms with Crippen LogP contribution in [0.25, 0.3) is 0 Å². The molecule has 0 fully saturated rings. The number of esters is 1. The largest absolute Gasteiger partial charge is 0.465 e. The Balaban J connectivity index is 0.000000191. The maximum atomic E-state index is 11.5. The van der Waals surface area contributed by atoms with Gasteiger partial charge in [-0.3, -0.25) is 59.8 Å². The van der Waals surface area contributed by atoms with Crippen molar-refractivity contribution in [3.8, 4) is 0 Å². The smallest absolute Gasteiger partial charge is 0.339 e. The molecule has 0 aliphatic heterocycles. The third kappa shape index (κ3) is 21.5. The van der Waals surface area contributed by atoms with Crippen LogP contribution in [0.1, 0.15) is 32.1 Å². The SMILES string of the molecule is COC(=O)c1ccc(CN(c2cnccn2)c2cnccn2)nc1.II.Ic1cnccn1.Nc1cnccn1.O=C(NO)c1ccc(CN(c2cnccn2)c2cnccn2)nc1.c1cnc(Nc2cnccn2)cn1. The van der Waals surface area contributed by atoms with Gasteiger partial charge in [-0.2, -0.15) is 0 Å². The number of aromatic nitrogens is 18. The molecule has 0 unspecified atom stereocenters. The van der Waals surface area contributed by atoms with Crippen molar-refractivity contribution in [3.63, 3.8) is 0 Å². The van der Waals surface area contributed by atoms with Crippen LogP contribution < -0.4 is 26.3 Å². The zero-order valence-corrected chi connectivity index (χ0v) is 46.5. The number of nitrogens with two attached hydrogens (primary N) is 1. The van der Waals surface area contributed by atoms with Crippen molar-refractivity contribution in [1.29, 1.82) is 0 Å². The van der Waals surface area contributed by atoms with Gasteiger partial charge in [-0.15, -0.1) is 0 Å². The van der Waals surface area contributed by atoms with Crippen molar-refractivity contribution in [2.45, 2.75) is 13.1 Å². The normalized spacial score (nSPS) is 9.62. The van der Waals surface area contributed by atoms with Gasteiger partial charge in [0.25, 0.3) is 5.91 Å². The third-order valence-electron chi connectivity index (χ3n) is 8.88. The fourth-order valence-electron chi connectivity index (χ4n) is 5.53. The molecule has 0 saturated heterocycles. The number of methoxy groups -OCH3 is 1. The van der Waals surface area contributed by atoms with E-state index in [1.165, 1.54) is 25.7 Å². The highest BCUT2D eigenvalue weighted by Crippen LogP contribution is 2.23. The summed E-state index contributed by atoms with van der Waals surface area (Å²) in [5.41, 5.74) is 8.82. The van der Waals surface area contributed by atoms with Crippen LogP contribution in [0.15, 0.2) is 185 Å². The Kier molecular flexibility index (Phi) is 26.6. The molecule has 1 amide bonds. The van der Waals surface area contributed by atoms with E-state index in [-0.39, 0.29) is 5.56 Å². The van der Waals surface area contributed by atoms with Crippen molar-refractivity contribution in [3.05, 3.63) is 212 Å². The predicted molar refractivity (Wildman–Crippen MR) is 305 cm³/mol. The Hall–Kier alpha value is -8.77. The number of nitrogens with zero attached hydrogens (tertiary/aromatic N) is 20. The Morgan fingerprint density at radius 2 is 0.857 bits per heavy atom. The van der Waals surface area contributed by atoms with Gasteiger partial charge in [-0.1, -0.05) is 0 Å². The minimum absolute atomic E-state index is 0.256. The number of hydroxylamine groups is 1. The van der Waals surface area contributed by atoms with Gasteiger partial charge in [-0.25, -0.2) is 50.1 Å². The summed E-state index contributed by atoms with van der Waals surface area (Å²) < 4.78 is 5.60. The molecule has 5 N–H and O–H groups in total. The first-order valence-electron chi connectivity index (χ1n) is 21.7. The van der Waals surface area contributed by atoms with Crippen LogP contribution in [0.3, 0.4) is 0 Å². The molecule has 0 bridgehead atoms. The zero-order chi connectivity index (χ0) is 54.7. The van der Waals surface area contributed by atoms with E-state index in [9.17, 15) is 9.59 Å². The minimum atomic E-state index is -0.617. The standard InChI is InChI=1S/C16H14N6O2.C15H13N7O2.C8H7N5.C4H3IN2.C4H5N3.I2/c1-24-16(23)12-2-3-13(21-8-12)11-22(14-9-17-4-6-19-14)15-10-18-5-7-20-15;23-15(21-24)11-1-2-12(20-7-11)10-22(13-8-16-3-5-18-13)14-9-17-4-6-19-14;1-3-11-7(5-9-1)13-8-6-10-2-4-12-8;2*5-4-3-6-1-2-7-4;1-2/h2-10H,11H2,1H3;1-9,24H,10H2,(H,21,23);1-6H,(H,11,12,13);1-3H;1-3H,(H2,5,7);. The monoisotopic (exact) mass is 1370 g/mol. The molecule has 0 saturated carbocycles. The van der Waals surface area contributed by atoms with Gasteiger partial charge in [0.1, 0.15) is 21.2 Å². The number of anilines is 7. The number of carbonyl (C=O) groups is 2. The number of pyridine rings is 2. The molecule has 390 valence electrons. The quantitative estimate of drug-likeness (QED) is 0.0421. The number of hydrogen-bond donors (Lipinski definition) is 4. The highest BCUT2D eigenvalue weighted by Gasteiger charge is 2.16. The lowest BCUT2D eigenvalue weighted by molar-refractivity contribution is 0.0599. The van der Waals surface area contributed by atoms with Gasteiger partial charge < -0.3 is 25.6 Å². The molecule has 10 aromatic rings. The number of rotatable bonds is 12. The van der Waals surface area contributed by atoms with Gasteiger partial charge in [0.05, 0.1) is 92.3 Å². The molecule has 30 heteroatoms. The van der Waals surface area contributed by atoms with Crippen molar-refractivity contribution in [1.82, 2.24) is 95.2 Å². The summed E-state index contributed by atoms with van der Waals surface area (Å²) in [6.07, 6.45) is 41.4. The second-order valence-electron chi connectivity index (χ2n) is 13.9. The number of carbonyl (C=O) groups excluding carboxylic acids is 2. The van der Waals surface area contributed by atoms with Crippen LogP contribution in [0.5, 0.6) is 0 Å². The predicted octanol–water partition coefficient (Wildman–Crippen LogP) is 6.83. The van der Waals surface area contributed by atoms with Gasteiger partial charge in [0, 0.05) is 149 Å². The average Bonchev–Trinajstić information content (AvgIpc) is 3.51. The first-order chi connectivity index (χ1) is 37.8. The maximum Gasteiger partial charge on any atom is 0.339 e. The summed E-state index contributed by atoms with van der Waals surface area (Å²) in [7, 11) is 1.33. The van der Waals surface area contributed by atoms with E-state index in [1.54, 1.807) is 177 Å². The molecular weight excluding hydrogens is 1330 g/mol. The zero-order valence-electron chi connectivity index (χ0n) is 40.1. The van der Waals surface area contributed by atoms with Crippen LogP contribution in [-0.4, -0.2) is 114 Å². The highest BCUT2D eigenvalue weighted by molar-refractivity contribution is 15.0. The number of nitrogen functional groups attached to an aromatic ring is 1. The summed E-state index contributed by atoms with van der Waals surface area (Å²) in [4.78, 5) is 99.5. The Morgan fingerprint density at radius 1 is 0.481 bits per heavy atom. The topological polar surface area (TPSA) is 352 Å². The van der Waals surface area contributed by atoms with Gasteiger partial charge in [-0.05, 0) is 46.9 Å². The molecule has 27 nitrogen and oxygen atoms in total. The molecule has 10 aromatic heterocycles. The number of amides is 1. The first kappa shape index (κ1) is 59.1. The van der Waals surface area contributed by atoms with Crippen LogP contribution in [0.2, 0.25) is 0 Å². The van der Waals surface area contributed by atoms with E-state index >= 15 is 0 Å². The lowest BCUT2D eigenvalue weighted by atomic mass is 10.2. The second kappa shape index (κ2) is 34.7. The Bertz CT molecular complexity index is 2870. The molecule has 10 heterocycles. The lowest BCUT2D eigenvalue weighted by Gasteiger charge is -2.21. The lowest BCUT2D eigenvalue weighted by Crippen LogP contribution is -2.21. The van der Waals surface area contributed by atoms with Gasteiger partial charge in [0.2, 0.25) is 0 Å². The van der Waals surface area contributed by atoms with Crippen molar-refractivity contribution in [2.75, 3.05) is 28.0 Å². The fourth-order valence-corrected chi connectivity index (χ4v) is 5.85. The molecule has 0 spiro atoms. The Morgan fingerprint density at radius 3 is 1.12 bits per heavy atom. The van der Waals surface area contributed by atoms with E-state index in [2.05, 4.69) is 160 Å². The maximum absolute atomic E-state index is 11.5. The Labute approximate surface area is 476 Å². The van der Waals surface area contributed by atoms with E-state index in [1.807, 2.05) is 4.90 Å². The van der Waals surface area contributed by atoms with Crippen LogP contribution in [-0.2, 0) is 17.8 Å². The van der Waals surface area contributed by atoms with E-state index in [0.29, 0.717) is 65.1 Å². The van der Waals surface area contributed by atoms with E-state index in [4.69, 9.17) is 10.9 Å². The molecule has 0 atom stereocenters. The van der Waals surface area contributed by atoms with Gasteiger partial charge >= 0.3 is 5.97 Å². The van der Waals surface area contributed by atoms with Crippen LogP contribution in [0.4, 0.5) is 40.7 Å². The second-order valence-corrected chi connectivity index (χ2v) is 15.0. The summed E-state index contributed by atoms with van der Waals surface area (Å²) in [6.45, 7) is 0.761. The summed E-state index contributed by atoms with van der Waals surface area (Å²) in [5, 5.41) is 11.6. The summed E-state index contributed by atoms with van der Waals surface area (Å²) in [6, 6.07) is 6.68. The summed E-state index contributed by atoms with van der Waals surface area (Å²) in [5.74, 6) is 3.17. The van der Waals surface area contributed by atoms with Gasteiger partial charge in [0.15, 0.2) is 23.3 Å². The number of nitrogens with one attached hydrogen (secondary N) is 2. The summed E-state index contributed by atoms with van der Waals surface area (Å²) >= 11 is 6.35. The molecule has 0 radical (unpaired) electrons. The molecule has 0 aliphatic carbocycles. The molecule has 10 rings (SSSR count). The van der Waals surface area contributed by atoms with Crippen LogP contribution in [0, 0.1) is 3.70 Å². The fraction of sp³-hybridized carbons (Fsp3) is 0.0638. The molecule has 77 heavy (non-hydrogen) atoms. The number of halogens is 3. The highest BCUT2D eigenvalue weighted by atomic mass is 128. The van der Waals surface area contributed by atoms with E-state index in [0.717, 1.165) is 9.39 Å². The first-order valence-corrected chi connectivity index (χ1v) is 29.0. The van der Waals surface area contributed by atoms with Crippen molar-refractivity contribution >= 4 is 112 Å². The van der Waals surface area contributed by atoms with Crippen molar-refractivity contribution in [2.24, 2.45) is 0 Å². The van der Waals surface area contributed by atoms with E-state index < -0.39 is 11.9 Å². The molecular formula is C47H42I3N23O4. The minimum Gasteiger partial charge on any atom is -0.465 e. The molecule has 0 aromatic carbocycles. The van der Waals surface area contributed by atoms with Crippen molar-refractivity contribution < 1.29 is 19.5 Å². The third-order valence-corrected chi connectivity index (χ3v) is 9.43. The molecule has 0 aliphatic rings. The van der Waals surface area contributed by atoms with Crippen LogP contribution >= 0.6 is 59.8 Å².